The molecule has 3 heterocycles. The number of likely N-dealkylation sites (tertiary alicyclic amines) is 1. The van der Waals surface area contributed by atoms with Gasteiger partial charge in [-0.15, -0.1) is 0 Å². The SMILES string of the molecule is CC(=O)N[C@@H]1CN(C(=O)Cc2ccc(-n3cccn3)cc2)C[C@H]1c1nccn1C. The first-order chi connectivity index (χ1) is 14.0. The molecular weight excluding hydrogens is 368 g/mol. The quantitative estimate of drug-likeness (QED) is 0.709. The largest absolute Gasteiger partial charge is 0.351 e. The minimum Gasteiger partial charge on any atom is -0.351 e. The van der Waals surface area contributed by atoms with Crippen LogP contribution in [-0.4, -0.2) is 55.2 Å². The van der Waals surface area contributed by atoms with Gasteiger partial charge >= 0.3 is 0 Å². The number of carbonyl (C=O) groups excluding carboxylic acids is 2. The molecule has 4 rings (SSSR count). The van der Waals surface area contributed by atoms with E-state index >= 15 is 0 Å². The van der Waals surface area contributed by atoms with Crippen LogP contribution < -0.4 is 5.32 Å². The Morgan fingerprint density at radius 1 is 1.14 bits per heavy atom. The Kier molecular flexibility index (Phi) is 5.16. The second-order valence-electron chi connectivity index (χ2n) is 7.40. The van der Waals surface area contributed by atoms with Gasteiger partial charge in [0, 0.05) is 51.8 Å². The number of rotatable bonds is 5. The Bertz CT molecular complexity index is 993. The van der Waals surface area contributed by atoms with Gasteiger partial charge < -0.3 is 14.8 Å². The lowest BCUT2D eigenvalue weighted by Crippen LogP contribution is -2.39. The van der Waals surface area contributed by atoms with E-state index in [2.05, 4.69) is 15.4 Å². The van der Waals surface area contributed by atoms with Crippen molar-refractivity contribution in [2.45, 2.75) is 25.3 Å². The maximum atomic E-state index is 12.9. The van der Waals surface area contributed by atoms with E-state index < -0.39 is 0 Å². The molecule has 0 spiro atoms. The fourth-order valence-corrected chi connectivity index (χ4v) is 3.89. The molecule has 1 N–H and O–H groups in total. The van der Waals surface area contributed by atoms with Crippen LogP contribution in [0.5, 0.6) is 0 Å². The van der Waals surface area contributed by atoms with Crippen LogP contribution >= 0.6 is 0 Å². The van der Waals surface area contributed by atoms with Gasteiger partial charge in [-0.05, 0) is 23.8 Å². The third-order valence-corrected chi connectivity index (χ3v) is 5.31. The summed E-state index contributed by atoms with van der Waals surface area (Å²) in [5.74, 6) is 0.800. The molecule has 0 saturated carbocycles. The zero-order chi connectivity index (χ0) is 20.4. The zero-order valence-electron chi connectivity index (χ0n) is 16.5. The second kappa shape index (κ2) is 7.90. The normalized spacial score (nSPS) is 18.8. The molecular formula is C21H24N6O2. The van der Waals surface area contributed by atoms with E-state index in [9.17, 15) is 9.59 Å². The fraction of sp³-hybridized carbons (Fsp3) is 0.333. The van der Waals surface area contributed by atoms with Crippen molar-refractivity contribution in [3.8, 4) is 5.69 Å². The Morgan fingerprint density at radius 2 is 1.93 bits per heavy atom. The molecule has 1 aromatic carbocycles. The van der Waals surface area contributed by atoms with Gasteiger partial charge in [-0.1, -0.05) is 12.1 Å². The molecule has 0 aliphatic carbocycles. The van der Waals surface area contributed by atoms with Gasteiger partial charge in [0.15, 0.2) is 0 Å². The molecule has 8 nitrogen and oxygen atoms in total. The monoisotopic (exact) mass is 392 g/mol. The van der Waals surface area contributed by atoms with Crippen LogP contribution in [0.4, 0.5) is 0 Å². The summed E-state index contributed by atoms with van der Waals surface area (Å²) < 4.78 is 3.73. The topological polar surface area (TPSA) is 85.1 Å². The highest BCUT2D eigenvalue weighted by Crippen LogP contribution is 2.27. The maximum Gasteiger partial charge on any atom is 0.227 e. The van der Waals surface area contributed by atoms with E-state index in [1.54, 1.807) is 17.1 Å². The van der Waals surface area contributed by atoms with Crippen LogP contribution in [0, 0.1) is 0 Å². The molecule has 0 unspecified atom stereocenters. The van der Waals surface area contributed by atoms with Crippen molar-refractivity contribution in [3.63, 3.8) is 0 Å². The molecule has 1 fully saturated rings. The van der Waals surface area contributed by atoms with Gasteiger partial charge in [0.05, 0.1) is 24.1 Å². The van der Waals surface area contributed by atoms with Crippen molar-refractivity contribution in [3.05, 3.63) is 66.5 Å². The minimum atomic E-state index is -0.139. The Balaban J connectivity index is 1.45. The van der Waals surface area contributed by atoms with Crippen molar-refractivity contribution < 1.29 is 9.59 Å². The summed E-state index contributed by atoms with van der Waals surface area (Å²) in [4.78, 5) is 30.8. The molecule has 2 atom stereocenters. The molecule has 2 aromatic heterocycles. The summed E-state index contributed by atoms with van der Waals surface area (Å²) in [6.07, 6.45) is 7.55. The van der Waals surface area contributed by atoms with Crippen LogP contribution in [0.15, 0.2) is 55.1 Å². The van der Waals surface area contributed by atoms with E-state index in [1.165, 1.54) is 6.92 Å². The second-order valence-corrected chi connectivity index (χ2v) is 7.40. The number of aromatic nitrogens is 4. The van der Waals surface area contributed by atoms with Crippen molar-refractivity contribution >= 4 is 11.8 Å². The predicted molar refractivity (Wildman–Crippen MR) is 107 cm³/mol. The number of imidazole rings is 1. The number of amides is 2. The standard InChI is InChI=1S/C21H24N6O2/c1-15(28)24-19-14-26(13-18(19)21-22-9-11-25(21)2)20(29)12-16-4-6-17(7-5-16)27-10-3-8-23-27/h3-11,18-19H,12-14H2,1-2H3,(H,24,28)/t18-,19-/m1/s1. The average molecular weight is 392 g/mol. The number of aryl methyl sites for hydroxylation is 1. The van der Waals surface area contributed by atoms with Gasteiger partial charge in [0.2, 0.25) is 11.8 Å². The van der Waals surface area contributed by atoms with Crippen LogP contribution in [0.25, 0.3) is 5.69 Å². The molecule has 2 amide bonds. The first-order valence-electron chi connectivity index (χ1n) is 9.62. The van der Waals surface area contributed by atoms with Gasteiger partial charge in [0.1, 0.15) is 5.82 Å². The third kappa shape index (κ3) is 4.06. The summed E-state index contributed by atoms with van der Waals surface area (Å²) in [5.41, 5.74) is 1.90. The van der Waals surface area contributed by atoms with E-state index in [0.29, 0.717) is 19.5 Å². The average Bonchev–Trinajstić information content (AvgIpc) is 3.43. The van der Waals surface area contributed by atoms with Crippen molar-refractivity contribution in [2.24, 2.45) is 7.05 Å². The minimum absolute atomic E-state index is 0.0231. The van der Waals surface area contributed by atoms with E-state index in [1.807, 2.05) is 59.2 Å². The highest BCUT2D eigenvalue weighted by Gasteiger charge is 2.38. The molecule has 0 radical (unpaired) electrons. The smallest absolute Gasteiger partial charge is 0.227 e. The predicted octanol–water partition coefficient (Wildman–Crippen LogP) is 1.28. The zero-order valence-corrected chi connectivity index (χ0v) is 16.5. The first-order valence-corrected chi connectivity index (χ1v) is 9.62. The number of nitrogens with zero attached hydrogens (tertiary/aromatic N) is 5. The lowest BCUT2D eigenvalue weighted by atomic mass is 10.0. The summed E-state index contributed by atoms with van der Waals surface area (Å²) in [6, 6.07) is 9.54. The molecule has 29 heavy (non-hydrogen) atoms. The Labute approximate surface area is 169 Å². The van der Waals surface area contributed by atoms with E-state index in [4.69, 9.17) is 0 Å². The molecule has 1 aliphatic rings. The maximum absolute atomic E-state index is 12.9. The first kappa shape index (κ1) is 18.9. The Morgan fingerprint density at radius 3 is 2.55 bits per heavy atom. The lowest BCUT2D eigenvalue weighted by molar-refractivity contribution is -0.129. The van der Waals surface area contributed by atoms with Crippen molar-refractivity contribution in [2.75, 3.05) is 13.1 Å². The van der Waals surface area contributed by atoms with Crippen LogP contribution in [0.1, 0.15) is 24.2 Å². The van der Waals surface area contributed by atoms with Crippen LogP contribution in [0.3, 0.4) is 0 Å². The van der Waals surface area contributed by atoms with Gasteiger partial charge in [0.25, 0.3) is 0 Å². The molecule has 1 saturated heterocycles. The Hall–Kier alpha value is -3.42. The number of carbonyl (C=O) groups is 2. The highest BCUT2D eigenvalue weighted by atomic mass is 16.2. The number of nitrogens with one attached hydrogen (secondary N) is 1. The summed E-state index contributed by atoms with van der Waals surface area (Å²) in [5, 5.41) is 7.19. The number of hydrogen-bond acceptors (Lipinski definition) is 4. The summed E-state index contributed by atoms with van der Waals surface area (Å²) in [6.45, 7) is 2.53. The van der Waals surface area contributed by atoms with Crippen molar-refractivity contribution in [1.29, 1.82) is 0 Å². The van der Waals surface area contributed by atoms with E-state index in [-0.39, 0.29) is 23.8 Å². The molecule has 1 aliphatic heterocycles. The molecule has 150 valence electrons. The summed E-state index contributed by atoms with van der Waals surface area (Å²) in [7, 11) is 1.93. The van der Waals surface area contributed by atoms with Crippen LogP contribution in [0.2, 0.25) is 0 Å². The summed E-state index contributed by atoms with van der Waals surface area (Å²) >= 11 is 0. The third-order valence-electron chi connectivity index (χ3n) is 5.31. The number of benzene rings is 1. The highest BCUT2D eigenvalue weighted by molar-refractivity contribution is 5.80. The molecule has 3 aromatic rings. The fourth-order valence-electron chi connectivity index (χ4n) is 3.89. The molecule has 8 heteroatoms. The lowest BCUT2D eigenvalue weighted by Gasteiger charge is -2.18. The van der Waals surface area contributed by atoms with Crippen molar-refractivity contribution in [1.82, 2.24) is 29.5 Å². The van der Waals surface area contributed by atoms with Gasteiger partial charge in [-0.3, -0.25) is 9.59 Å². The van der Waals surface area contributed by atoms with Gasteiger partial charge in [-0.2, -0.15) is 5.10 Å². The molecule has 0 bridgehead atoms. The van der Waals surface area contributed by atoms with Crippen LogP contribution in [-0.2, 0) is 23.1 Å². The number of hydrogen-bond donors (Lipinski definition) is 1. The van der Waals surface area contributed by atoms with E-state index in [0.717, 1.165) is 17.1 Å². The van der Waals surface area contributed by atoms with Gasteiger partial charge in [-0.25, -0.2) is 9.67 Å².